The third-order valence-corrected chi connectivity index (χ3v) is 10.0. The van der Waals surface area contributed by atoms with Gasteiger partial charge in [-0.3, -0.25) is 9.78 Å². The van der Waals surface area contributed by atoms with Crippen LogP contribution in [-0.4, -0.2) is 70.0 Å². The summed E-state index contributed by atoms with van der Waals surface area (Å²) in [4.78, 5) is 30.3. The van der Waals surface area contributed by atoms with Crippen molar-refractivity contribution in [2.24, 2.45) is 11.3 Å². The van der Waals surface area contributed by atoms with Crippen molar-refractivity contribution in [3.8, 4) is 11.1 Å². The molecule has 0 radical (unpaired) electrons. The van der Waals surface area contributed by atoms with Crippen LogP contribution in [0, 0.1) is 25.2 Å². The number of benzene rings is 1. The van der Waals surface area contributed by atoms with Crippen LogP contribution in [0.5, 0.6) is 0 Å². The van der Waals surface area contributed by atoms with Gasteiger partial charge >= 0.3 is 0 Å². The largest absolute Gasteiger partial charge is 0.483 e. The summed E-state index contributed by atoms with van der Waals surface area (Å²) in [6.07, 6.45) is 8.74. The summed E-state index contributed by atoms with van der Waals surface area (Å²) in [5, 5.41) is 15.4. The van der Waals surface area contributed by atoms with Crippen molar-refractivity contribution in [1.29, 1.82) is 0 Å². The Hall–Kier alpha value is -3.72. The van der Waals surface area contributed by atoms with E-state index in [0.717, 1.165) is 75.4 Å². The van der Waals surface area contributed by atoms with Crippen molar-refractivity contribution in [1.82, 2.24) is 15.0 Å². The van der Waals surface area contributed by atoms with Gasteiger partial charge in [0.1, 0.15) is 18.0 Å². The van der Waals surface area contributed by atoms with Crippen molar-refractivity contribution in [3.05, 3.63) is 58.7 Å². The van der Waals surface area contributed by atoms with E-state index < -0.39 is 5.60 Å². The zero-order chi connectivity index (χ0) is 35.9. The highest BCUT2D eigenvalue weighted by Crippen LogP contribution is 2.42. The SMILES string of the molecule is CC(C)(C)O.CCc1c(C)nc(C)c(-c2ccc3c(c2)CCN(c2cc(N4CCC(C)CC4)ncn2)C3)c1N1CCC(C)(C)CC1.O=CO. The minimum absolute atomic E-state index is 0.250. The molecule has 5 heterocycles. The summed E-state index contributed by atoms with van der Waals surface area (Å²) in [5.74, 6) is 2.93. The standard InChI is InChI=1S/C35H48N6.C4H10O.CH2O2/c1-7-30-25(3)38-26(4)33(34(30)40-18-13-35(5,6)14-19-40)28-8-9-29-22-41(17-12-27(29)20-28)32-21-31(36-23-37-32)39-15-10-24(2)11-16-39;1-4(2,3)5;2-1-3/h8-9,20-21,23-24H,7,10-19,22H2,1-6H3;5H,1-3H3;1H,(H,2,3). The van der Waals surface area contributed by atoms with Gasteiger partial charge in [-0.25, -0.2) is 9.97 Å². The number of carbonyl (C=O) groups is 1. The van der Waals surface area contributed by atoms with Gasteiger partial charge < -0.3 is 24.9 Å². The number of aromatic nitrogens is 3. The Bertz CT molecular complexity index is 1540. The monoisotopic (exact) mass is 672 g/mol. The molecule has 268 valence electrons. The molecule has 9 nitrogen and oxygen atoms in total. The lowest BCUT2D eigenvalue weighted by Crippen LogP contribution is -2.38. The fourth-order valence-corrected chi connectivity index (χ4v) is 7.15. The number of nitrogens with zero attached hydrogens (tertiary/aromatic N) is 6. The molecule has 0 bridgehead atoms. The molecule has 3 aromatic rings. The molecule has 2 N–H and O–H groups in total. The number of carboxylic acid groups (broad SMARTS) is 1. The van der Waals surface area contributed by atoms with Crippen molar-refractivity contribution in [2.45, 2.75) is 113 Å². The van der Waals surface area contributed by atoms with Gasteiger partial charge in [0.25, 0.3) is 6.47 Å². The molecule has 2 fully saturated rings. The molecule has 1 aromatic carbocycles. The quantitative estimate of drug-likeness (QED) is 0.265. The maximum absolute atomic E-state index is 8.52. The van der Waals surface area contributed by atoms with E-state index in [9.17, 15) is 0 Å². The van der Waals surface area contributed by atoms with Gasteiger partial charge in [0.05, 0.1) is 11.3 Å². The van der Waals surface area contributed by atoms with Crippen LogP contribution >= 0.6 is 0 Å². The number of piperidine rings is 2. The number of aryl methyl sites for hydroxylation is 2. The first-order valence-electron chi connectivity index (χ1n) is 18.1. The summed E-state index contributed by atoms with van der Waals surface area (Å²) in [7, 11) is 0. The molecule has 3 aliphatic heterocycles. The van der Waals surface area contributed by atoms with Crippen LogP contribution in [0.1, 0.15) is 102 Å². The third kappa shape index (κ3) is 10.2. The average molecular weight is 673 g/mol. The van der Waals surface area contributed by atoms with Crippen molar-refractivity contribution >= 4 is 23.8 Å². The molecular formula is C40H60N6O3. The Kier molecular flexibility index (Phi) is 12.7. The van der Waals surface area contributed by atoms with E-state index in [4.69, 9.17) is 25.0 Å². The third-order valence-electron chi connectivity index (χ3n) is 10.0. The molecule has 3 aliphatic rings. The minimum Gasteiger partial charge on any atom is -0.483 e. The molecule has 0 amide bonds. The summed E-state index contributed by atoms with van der Waals surface area (Å²) in [5.41, 5.74) is 10.6. The molecule has 2 saturated heterocycles. The van der Waals surface area contributed by atoms with Crippen LogP contribution in [-0.2, 0) is 24.2 Å². The van der Waals surface area contributed by atoms with E-state index in [2.05, 4.69) is 85.5 Å². The van der Waals surface area contributed by atoms with E-state index in [1.807, 2.05) is 0 Å². The Labute approximate surface area is 294 Å². The summed E-state index contributed by atoms with van der Waals surface area (Å²) < 4.78 is 0. The molecule has 9 heteroatoms. The van der Waals surface area contributed by atoms with Crippen LogP contribution in [0.15, 0.2) is 30.6 Å². The maximum atomic E-state index is 8.52. The van der Waals surface area contributed by atoms with Gasteiger partial charge in [-0.15, -0.1) is 0 Å². The first-order chi connectivity index (χ1) is 23.1. The number of fused-ring (bicyclic) bond motifs is 1. The lowest BCUT2D eigenvalue weighted by atomic mass is 9.82. The second kappa shape index (κ2) is 16.3. The van der Waals surface area contributed by atoms with E-state index in [0.29, 0.717) is 5.41 Å². The highest BCUT2D eigenvalue weighted by Gasteiger charge is 2.30. The Morgan fingerprint density at radius 1 is 0.898 bits per heavy atom. The van der Waals surface area contributed by atoms with E-state index in [1.54, 1.807) is 27.1 Å². The summed E-state index contributed by atoms with van der Waals surface area (Å²) in [6, 6.07) is 9.37. The van der Waals surface area contributed by atoms with Gasteiger partial charge in [-0.05, 0) is 107 Å². The van der Waals surface area contributed by atoms with Gasteiger partial charge in [0.15, 0.2) is 0 Å². The number of rotatable bonds is 5. The summed E-state index contributed by atoms with van der Waals surface area (Å²) >= 11 is 0. The molecular weight excluding hydrogens is 612 g/mol. The normalized spacial score (nSPS) is 17.7. The maximum Gasteiger partial charge on any atom is 0.290 e. The fourth-order valence-electron chi connectivity index (χ4n) is 7.15. The van der Waals surface area contributed by atoms with Gasteiger partial charge in [0, 0.05) is 62.3 Å². The number of anilines is 3. The number of aliphatic hydroxyl groups is 1. The first-order valence-corrected chi connectivity index (χ1v) is 18.1. The van der Waals surface area contributed by atoms with Crippen LogP contribution in [0.4, 0.5) is 17.3 Å². The zero-order valence-corrected chi connectivity index (χ0v) is 31.5. The molecule has 0 atom stereocenters. The lowest BCUT2D eigenvalue weighted by molar-refractivity contribution is -0.122. The highest BCUT2D eigenvalue weighted by atomic mass is 16.3. The Balaban J connectivity index is 0.000000612. The predicted octanol–water partition coefficient (Wildman–Crippen LogP) is 7.62. The molecule has 0 unspecified atom stereocenters. The second-order valence-corrected chi connectivity index (χ2v) is 15.8. The molecule has 0 saturated carbocycles. The van der Waals surface area contributed by atoms with Crippen LogP contribution < -0.4 is 14.7 Å². The van der Waals surface area contributed by atoms with Crippen molar-refractivity contribution in [3.63, 3.8) is 0 Å². The molecule has 6 rings (SSSR count). The lowest BCUT2D eigenvalue weighted by Gasteiger charge is -2.40. The van der Waals surface area contributed by atoms with Crippen LogP contribution in [0.2, 0.25) is 0 Å². The molecule has 0 spiro atoms. The zero-order valence-electron chi connectivity index (χ0n) is 31.5. The molecule has 0 aliphatic carbocycles. The van der Waals surface area contributed by atoms with Crippen molar-refractivity contribution < 1.29 is 15.0 Å². The van der Waals surface area contributed by atoms with Crippen LogP contribution in [0.3, 0.4) is 0 Å². The smallest absolute Gasteiger partial charge is 0.290 e. The fraction of sp³-hybridized carbons (Fsp3) is 0.600. The van der Waals surface area contributed by atoms with Gasteiger partial charge in [0.2, 0.25) is 0 Å². The minimum atomic E-state index is -0.500. The van der Waals surface area contributed by atoms with E-state index >= 15 is 0 Å². The van der Waals surface area contributed by atoms with Gasteiger partial charge in [-0.2, -0.15) is 0 Å². The number of pyridine rings is 1. The molecule has 49 heavy (non-hydrogen) atoms. The van der Waals surface area contributed by atoms with E-state index in [1.165, 1.54) is 64.9 Å². The topological polar surface area (TPSA) is 106 Å². The second-order valence-electron chi connectivity index (χ2n) is 15.8. The van der Waals surface area contributed by atoms with Crippen LogP contribution in [0.25, 0.3) is 11.1 Å². The number of hydrogen-bond acceptors (Lipinski definition) is 8. The first kappa shape index (κ1) is 38.1. The summed E-state index contributed by atoms with van der Waals surface area (Å²) in [6.45, 7) is 25.1. The predicted molar refractivity (Wildman–Crippen MR) is 202 cm³/mol. The molecule has 2 aromatic heterocycles. The number of hydrogen-bond donors (Lipinski definition) is 2. The Morgan fingerprint density at radius 3 is 2.08 bits per heavy atom. The Morgan fingerprint density at radius 2 is 1.49 bits per heavy atom. The average Bonchev–Trinajstić information content (AvgIpc) is 3.04. The van der Waals surface area contributed by atoms with E-state index in [-0.39, 0.29) is 6.47 Å². The van der Waals surface area contributed by atoms with Gasteiger partial charge in [-0.1, -0.05) is 45.9 Å². The van der Waals surface area contributed by atoms with Crippen molar-refractivity contribution in [2.75, 3.05) is 47.4 Å². The highest BCUT2D eigenvalue weighted by molar-refractivity contribution is 5.84.